The van der Waals surface area contributed by atoms with Crippen LogP contribution in [-0.2, 0) is 0 Å². The summed E-state index contributed by atoms with van der Waals surface area (Å²) in [5, 5.41) is 8.52. The molecule has 0 fully saturated rings. The third-order valence-electron chi connectivity index (χ3n) is 1.65. The smallest absolute Gasteiger partial charge is 0.166 e. The van der Waals surface area contributed by atoms with Crippen molar-refractivity contribution in [3.63, 3.8) is 0 Å². The van der Waals surface area contributed by atoms with E-state index in [-0.39, 0.29) is 17.9 Å². The number of allylic oxidation sites excluding steroid dienone is 1. The molecule has 0 amide bonds. The highest BCUT2D eigenvalue weighted by Crippen LogP contribution is 2.17. The minimum absolute atomic E-state index is 0.133. The van der Waals surface area contributed by atoms with Gasteiger partial charge in [-0.15, -0.1) is 11.6 Å². The molecule has 0 radical (unpaired) electrons. The normalized spacial score (nSPS) is 10.2. The third kappa shape index (κ3) is 3.61. The van der Waals surface area contributed by atoms with Crippen LogP contribution in [0.3, 0.4) is 0 Å². The van der Waals surface area contributed by atoms with E-state index < -0.39 is 5.82 Å². The Morgan fingerprint density at radius 1 is 1.47 bits per heavy atom. The number of hydrogen-bond donors (Lipinski definition) is 0. The number of nitriles is 1. The van der Waals surface area contributed by atoms with Gasteiger partial charge in [-0.2, -0.15) is 5.26 Å². The molecule has 15 heavy (non-hydrogen) atoms. The Balaban J connectivity index is 2.63. The maximum absolute atomic E-state index is 13.2. The van der Waals surface area contributed by atoms with Crippen molar-refractivity contribution in [2.75, 3.05) is 12.5 Å². The number of hydrogen-bond acceptors (Lipinski definition) is 2. The second-order valence-electron chi connectivity index (χ2n) is 2.69. The van der Waals surface area contributed by atoms with Gasteiger partial charge in [0.2, 0.25) is 0 Å². The highest BCUT2D eigenvalue weighted by molar-refractivity contribution is 6.18. The number of rotatable bonds is 4. The molecule has 1 rings (SSSR count). The Morgan fingerprint density at radius 3 is 2.87 bits per heavy atom. The standard InChI is InChI=1S/C11H9ClFNO/c12-5-1-2-6-15-11-4-3-9(8-14)7-10(11)13/h1-4,7H,5-6H2/b2-1+. The maximum atomic E-state index is 13.2. The minimum Gasteiger partial charge on any atom is -0.486 e. The summed E-state index contributed by atoms with van der Waals surface area (Å²) in [6.07, 6.45) is 3.41. The lowest BCUT2D eigenvalue weighted by atomic mass is 10.2. The molecule has 4 heteroatoms. The van der Waals surface area contributed by atoms with Crippen molar-refractivity contribution in [1.82, 2.24) is 0 Å². The predicted molar refractivity (Wildman–Crippen MR) is 56.5 cm³/mol. The van der Waals surface area contributed by atoms with E-state index in [1.165, 1.54) is 12.1 Å². The monoisotopic (exact) mass is 225 g/mol. The highest BCUT2D eigenvalue weighted by atomic mass is 35.5. The van der Waals surface area contributed by atoms with E-state index in [4.69, 9.17) is 21.6 Å². The quantitative estimate of drug-likeness (QED) is 0.583. The Hall–Kier alpha value is -1.53. The van der Waals surface area contributed by atoms with Crippen LogP contribution in [0.1, 0.15) is 5.56 Å². The Labute approximate surface area is 92.5 Å². The molecule has 0 N–H and O–H groups in total. The molecule has 0 bridgehead atoms. The van der Waals surface area contributed by atoms with Gasteiger partial charge in [-0.05, 0) is 18.2 Å². The van der Waals surface area contributed by atoms with Gasteiger partial charge in [0.1, 0.15) is 6.61 Å². The van der Waals surface area contributed by atoms with E-state index in [1.807, 2.05) is 6.07 Å². The zero-order chi connectivity index (χ0) is 11.1. The summed E-state index contributed by atoms with van der Waals surface area (Å²) in [4.78, 5) is 0. The van der Waals surface area contributed by atoms with Crippen molar-refractivity contribution in [1.29, 1.82) is 5.26 Å². The van der Waals surface area contributed by atoms with Crippen molar-refractivity contribution in [2.45, 2.75) is 0 Å². The van der Waals surface area contributed by atoms with Gasteiger partial charge in [0.15, 0.2) is 11.6 Å². The maximum Gasteiger partial charge on any atom is 0.166 e. The largest absolute Gasteiger partial charge is 0.486 e. The number of nitrogens with zero attached hydrogens (tertiary/aromatic N) is 1. The molecule has 0 saturated heterocycles. The van der Waals surface area contributed by atoms with Crippen LogP contribution in [0.5, 0.6) is 5.75 Å². The van der Waals surface area contributed by atoms with Gasteiger partial charge in [0.25, 0.3) is 0 Å². The van der Waals surface area contributed by atoms with E-state index in [1.54, 1.807) is 12.2 Å². The van der Waals surface area contributed by atoms with Gasteiger partial charge < -0.3 is 4.74 Å². The van der Waals surface area contributed by atoms with Crippen molar-refractivity contribution in [3.8, 4) is 11.8 Å². The van der Waals surface area contributed by atoms with Gasteiger partial charge in [-0.25, -0.2) is 4.39 Å². The molecular formula is C11H9ClFNO. The van der Waals surface area contributed by atoms with Crippen LogP contribution in [-0.4, -0.2) is 12.5 Å². The first-order valence-corrected chi connectivity index (χ1v) is 4.85. The second-order valence-corrected chi connectivity index (χ2v) is 3.00. The first-order chi connectivity index (χ1) is 7.27. The molecule has 0 aliphatic heterocycles. The van der Waals surface area contributed by atoms with E-state index >= 15 is 0 Å². The van der Waals surface area contributed by atoms with Crippen molar-refractivity contribution < 1.29 is 9.13 Å². The molecule has 1 aromatic rings. The van der Waals surface area contributed by atoms with Gasteiger partial charge >= 0.3 is 0 Å². The number of ether oxygens (including phenoxy) is 1. The molecule has 0 spiro atoms. The summed E-state index contributed by atoms with van der Waals surface area (Å²) in [5.41, 5.74) is 0.274. The Bertz CT molecular complexity index is 398. The zero-order valence-corrected chi connectivity index (χ0v) is 8.67. The molecule has 0 atom stereocenters. The van der Waals surface area contributed by atoms with Crippen molar-refractivity contribution in [3.05, 3.63) is 41.7 Å². The second kappa shape index (κ2) is 6.05. The molecule has 1 aromatic carbocycles. The summed E-state index contributed by atoms with van der Waals surface area (Å²) in [6.45, 7) is 0.259. The summed E-state index contributed by atoms with van der Waals surface area (Å²) in [5.74, 6) is 0.000650. The fourth-order valence-corrected chi connectivity index (χ4v) is 1.08. The molecule has 78 valence electrons. The van der Waals surface area contributed by atoms with E-state index in [0.717, 1.165) is 6.07 Å². The molecule has 0 heterocycles. The minimum atomic E-state index is -0.534. The molecule has 0 aromatic heterocycles. The van der Waals surface area contributed by atoms with Gasteiger partial charge in [0, 0.05) is 5.88 Å². The molecule has 0 saturated carbocycles. The first-order valence-electron chi connectivity index (χ1n) is 4.31. The van der Waals surface area contributed by atoms with Gasteiger partial charge in [-0.3, -0.25) is 0 Å². The molecule has 2 nitrogen and oxygen atoms in total. The lowest BCUT2D eigenvalue weighted by molar-refractivity contribution is 0.341. The van der Waals surface area contributed by atoms with Crippen molar-refractivity contribution >= 4 is 11.6 Å². The van der Waals surface area contributed by atoms with Crippen LogP contribution >= 0.6 is 11.6 Å². The van der Waals surface area contributed by atoms with Gasteiger partial charge in [0.05, 0.1) is 11.6 Å². The number of alkyl halides is 1. The van der Waals surface area contributed by atoms with Gasteiger partial charge in [-0.1, -0.05) is 12.2 Å². The van der Waals surface area contributed by atoms with Crippen molar-refractivity contribution in [2.24, 2.45) is 0 Å². The lowest BCUT2D eigenvalue weighted by Crippen LogP contribution is -1.96. The SMILES string of the molecule is N#Cc1ccc(OC/C=C/CCl)c(F)c1. The summed E-state index contributed by atoms with van der Waals surface area (Å²) < 4.78 is 18.3. The summed E-state index contributed by atoms with van der Waals surface area (Å²) in [7, 11) is 0. The zero-order valence-electron chi connectivity index (χ0n) is 7.91. The average molecular weight is 226 g/mol. The van der Waals surface area contributed by atoms with Crippen LogP contribution in [0, 0.1) is 17.1 Å². The molecule has 0 aliphatic rings. The summed E-state index contributed by atoms with van der Waals surface area (Å²) in [6, 6.07) is 5.92. The Morgan fingerprint density at radius 2 is 2.27 bits per heavy atom. The van der Waals surface area contributed by atoms with Crippen LogP contribution in [0.4, 0.5) is 4.39 Å². The third-order valence-corrected chi connectivity index (χ3v) is 1.83. The summed E-state index contributed by atoms with van der Waals surface area (Å²) >= 11 is 5.40. The predicted octanol–water partition coefficient (Wildman–Crippen LogP) is 2.87. The van der Waals surface area contributed by atoms with E-state index in [9.17, 15) is 4.39 Å². The molecule has 0 unspecified atom stereocenters. The lowest BCUT2D eigenvalue weighted by Gasteiger charge is -2.03. The molecular weight excluding hydrogens is 217 g/mol. The number of benzene rings is 1. The fourth-order valence-electron chi connectivity index (χ4n) is 0.956. The van der Waals surface area contributed by atoms with Crippen LogP contribution in [0.25, 0.3) is 0 Å². The average Bonchev–Trinajstić information content (AvgIpc) is 2.26. The van der Waals surface area contributed by atoms with E-state index in [2.05, 4.69) is 0 Å². The van der Waals surface area contributed by atoms with Crippen LogP contribution in [0.15, 0.2) is 30.4 Å². The number of halogens is 2. The van der Waals surface area contributed by atoms with Crippen LogP contribution < -0.4 is 4.74 Å². The Kier molecular flexibility index (Phi) is 4.65. The van der Waals surface area contributed by atoms with E-state index in [0.29, 0.717) is 5.88 Å². The highest BCUT2D eigenvalue weighted by Gasteiger charge is 2.03. The topological polar surface area (TPSA) is 33.0 Å². The molecule has 0 aliphatic carbocycles. The van der Waals surface area contributed by atoms with Crippen LogP contribution in [0.2, 0.25) is 0 Å². The fraction of sp³-hybridized carbons (Fsp3) is 0.182. The first kappa shape index (κ1) is 11.5.